The van der Waals surface area contributed by atoms with Crippen molar-refractivity contribution in [3.8, 4) is 5.88 Å². The number of ether oxygens (including phenoxy) is 1. The molecule has 0 aliphatic carbocycles. The quantitative estimate of drug-likeness (QED) is 0.827. The van der Waals surface area contributed by atoms with E-state index in [0.29, 0.717) is 17.3 Å². The highest BCUT2D eigenvalue weighted by Crippen LogP contribution is 2.07. The minimum absolute atomic E-state index is 0. The maximum absolute atomic E-state index is 5.51. The van der Waals surface area contributed by atoms with Crippen LogP contribution in [0.3, 0.4) is 0 Å². The van der Waals surface area contributed by atoms with Gasteiger partial charge in [0.2, 0.25) is 0 Å². The highest BCUT2D eigenvalue weighted by atomic mass is 32.1. The van der Waals surface area contributed by atoms with E-state index in [0.717, 1.165) is 5.56 Å². The van der Waals surface area contributed by atoms with Gasteiger partial charge in [0.05, 0.1) is 0 Å². The maximum Gasteiger partial charge on any atom is 0.199 e. The lowest BCUT2D eigenvalue weighted by Crippen LogP contribution is -1.97. The van der Waals surface area contributed by atoms with Crippen LogP contribution in [0.25, 0.3) is 0 Å². The summed E-state index contributed by atoms with van der Waals surface area (Å²) in [6, 6.07) is 11.7. The van der Waals surface area contributed by atoms with Crippen molar-refractivity contribution < 1.29 is 4.74 Å². The van der Waals surface area contributed by atoms with Crippen molar-refractivity contribution in [2.24, 2.45) is 0 Å². The van der Waals surface area contributed by atoms with Crippen molar-refractivity contribution in [2.75, 3.05) is 0 Å². The topological polar surface area (TPSA) is 37.9 Å². The largest absolute Gasteiger partial charge is 0.474 e. The van der Waals surface area contributed by atoms with Gasteiger partial charge < -0.3 is 9.72 Å². The Kier molecular flexibility index (Phi) is 4.66. The Bertz CT molecular complexity index is 482. The molecule has 3 nitrogen and oxygen atoms in total. The molecule has 0 amide bonds. The van der Waals surface area contributed by atoms with Crippen LogP contribution < -0.4 is 4.74 Å². The lowest BCUT2D eigenvalue weighted by atomic mass is 10.2. The lowest BCUT2D eigenvalue weighted by Gasteiger charge is -2.04. The molecule has 1 N–H and O–H groups in total. The average Bonchev–Trinajstić information content (AvgIpc) is 2.28. The third kappa shape index (κ3) is 3.47. The molecule has 84 valence electrons. The summed E-state index contributed by atoms with van der Waals surface area (Å²) >= 11 is 4.88. The molecule has 16 heavy (non-hydrogen) atoms. The Morgan fingerprint density at radius 2 is 1.94 bits per heavy atom. The molecule has 0 bridgehead atoms. The summed E-state index contributed by atoms with van der Waals surface area (Å²) in [5.74, 6) is 0.638. The van der Waals surface area contributed by atoms with Gasteiger partial charge in [-0.05, 0) is 17.8 Å². The van der Waals surface area contributed by atoms with Crippen LogP contribution in [-0.2, 0) is 6.61 Å². The Morgan fingerprint density at radius 3 is 2.62 bits per heavy atom. The molecular formula is C12H14N2OS. The number of nitrogens with one attached hydrogen (secondary N) is 1. The molecule has 0 aliphatic rings. The minimum Gasteiger partial charge on any atom is -0.474 e. The smallest absolute Gasteiger partial charge is 0.199 e. The van der Waals surface area contributed by atoms with Crippen LogP contribution in [0.2, 0.25) is 0 Å². The van der Waals surface area contributed by atoms with E-state index in [1.54, 1.807) is 12.3 Å². The molecule has 0 fully saturated rings. The second-order valence-electron chi connectivity index (χ2n) is 3.01. The first-order valence-corrected chi connectivity index (χ1v) is 4.97. The minimum atomic E-state index is 0. The molecule has 0 radical (unpaired) electrons. The standard InChI is InChI=1S/C11H10N2OS.CH4/c15-11-12-7-6-10(13-11)14-8-9-4-2-1-3-5-9;/h1-7H,8H2,(H,12,13,15);1H4. The summed E-state index contributed by atoms with van der Waals surface area (Å²) in [5.41, 5.74) is 1.12. The zero-order chi connectivity index (χ0) is 10.5. The van der Waals surface area contributed by atoms with Crippen LogP contribution in [0.5, 0.6) is 5.88 Å². The van der Waals surface area contributed by atoms with Gasteiger partial charge in [-0.15, -0.1) is 0 Å². The fraction of sp³-hybridized carbons (Fsp3) is 0.167. The predicted molar refractivity (Wildman–Crippen MR) is 66.9 cm³/mol. The van der Waals surface area contributed by atoms with Crippen LogP contribution in [-0.4, -0.2) is 9.97 Å². The van der Waals surface area contributed by atoms with Crippen molar-refractivity contribution in [3.63, 3.8) is 0 Å². The van der Waals surface area contributed by atoms with Gasteiger partial charge in [0.15, 0.2) is 10.7 Å². The first-order chi connectivity index (χ1) is 7.34. The Balaban J connectivity index is 0.00000128. The predicted octanol–water partition coefficient (Wildman–Crippen LogP) is 3.35. The van der Waals surface area contributed by atoms with Crippen LogP contribution in [0.15, 0.2) is 42.6 Å². The third-order valence-electron chi connectivity index (χ3n) is 1.88. The zero-order valence-electron chi connectivity index (χ0n) is 8.01. The van der Waals surface area contributed by atoms with Gasteiger partial charge in [-0.25, -0.2) is 4.98 Å². The monoisotopic (exact) mass is 234 g/mol. The number of hydrogen-bond donors (Lipinski definition) is 1. The summed E-state index contributed by atoms with van der Waals surface area (Å²) in [5, 5.41) is 0. The van der Waals surface area contributed by atoms with Crippen molar-refractivity contribution in [2.45, 2.75) is 14.0 Å². The molecule has 0 saturated heterocycles. The van der Waals surface area contributed by atoms with E-state index >= 15 is 0 Å². The molecule has 1 aromatic heterocycles. The zero-order valence-corrected chi connectivity index (χ0v) is 8.83. The third-order valence-corrected chi connectivity index (χ3v) is 2.09. The van der Waals surface area contributed by atoms with Gasteiger partial charge in [-0.1, -0.05) is 37.8 Å². The van der Waals surface area contributed by atoms with Crippen molar-refractivity contribution in [1.82, 2.24) is 9.97 Å². The highest BCUT2D eigenvalue weighted by Gasteiger charge is 1.94. The summed E-state index contributed by atoms with van der Waals surface area (Å²) in [4.78, 5) is 6.73. The summed E-state index contributed by atoms with van der Waals surface area (Å²) < 4.78 is 5.94. The van der Waals surface area contributed by atoms with Gasteiger partial charge in [-0.3, -0.25) is 0 Å². The first kappa shape index (κ1) is 12.4. The number of aromatic nitrogens is 2. The summed E-state index contributed by atoms with van der Waals surface area (Å²) in [6.07, 6.45) is 1.62. The number of rotatable bonds is 3. The summed E-state index contributed by atoms with van der Waals surface area (Å²) in [6.45, 7) is 0.524. The molecule has 0 unspecified atom stereocenters. The number of aromatic amines is 1. The van der Waals surface area contributed by atoms with Crippen LogP contribution in [0, 0.1) is 4.77 Å². The SMILES string of the molecule is C.S=c1nccc(OCc2ccccc2)[nH]1. The fourth-order valence-electron chi connectivity index (χ4n) is 1.17. The van der Waals surface area contributed by atoms with Gasteiger partial charge >= 0.3 is 0 Å². The number of benzene rings is 1. The van der Waals surface area contributed by atoms with Crippen molar-refractivity contribution >= 4 is 12.2 Å². The van der Waals surface area contributed by atoms with E-state index in [4.69, 9.17) is 17.0 Å². The second kappa shape index (κ2) is 6.02. The van der Waals surface area contributed by atoms with E-state index in [9.17, 15) is 0 Å². The van der Waals surface area contributed by atoms with E-state index in [-0.39, 0.29) is 7.43 Å². The molecule has 4 heteroatoms. The highest BCUT2D eigenvalue weighted by molar-refractivity contribution is 7.71. The van der Waals surface area contributed by atoms with Gasteiger partial charge in [0, 0.05) is 12.3 Å². The Labute approximate surface area is 100 Å². The molecule has 0 aliphatic heterocycles. The molecule has 0 atom stereocenters. The molecule has 0 saturated carbocycles. The molecule has 2 rings (SSSR count). The van der Waals surface area contributed by atoms with E-state index in [1.165, 1.54) is 0 Å². The van der Waals surface area contributed by atoms with Crippen LogP contribution >= 0.6 is 12.2 Å². The Morgan fingerprint density at radius 1 is 1.19 bits per heavy atom. The van der Waals surface area contributed by atoms with Crippen LogP contribution in [0.1, 0.15) is 13.0 Å². The summed E-state index contributed by atoms with van der Waals surface area (Å²) in [7, 11) is 0. The molecule has 0 spiro atoms. The van der Waals surface area contributed by atoms with Gasteiger partial charge in [-0.2, -0.15) is 0 Å². The number of H-pyrrole nitrogens is 1. The second-order valence-corrected chi connectivity index (χ2v) is 3.40. The molecule has 1 heterocycles. The first-order valence-electron chi connectivity index (χ1n) is 4.56. The normalized spacial score (nSPS) is 9.25. The molecule has 2 aromatic rings. The average molecular weight is 234 g/mol. The van der Waals surface area contributed by atoms with Crippen LogP contribution in [0.4, 0.5) is 0 Å². The van der Waals surface area contributed by atoms with E-state index < -0.39 is 0 Å². The number of nitrogens with zero attached hydrogens (tertiary/aromatic N) is 1. The molecule has 1 aromatic carbocycles. The maximum atomic E-state index is 5.51. The van der Waals surface area contributed by atoms with Crippen molar-refractivity contribution in [1.29, 1.82) is 0 Å². The van der Waals surface area contributed by atoms with E-state index in [1.807, 2.05) is 30.3 Å². The fourth-order valence-corrected chi connectivity index (χ4v) is 1.33. The lowest BCUT2D eigenvalue weighted by molar-refractivity contribution is 0.293. The number of hydrogen-bond acceptors (Lipinski definition) is 3. The van der Waals surface area contributed by atoms with Crippen molar-refractivity contribution in [3.05, 3.63) is 52.9 Å². The van der Waals surface area contributed by atoms with E-state index in [2.05, 4.69) is 9.97 Å². The Hall–Kier alpha value is -1.68. The van der Waals surface area contributed by atoms with Gasteiger partial charge in [0.1, 0.15) is 6.61 Å². The molecular weight excluding hydrogens is 220 g/mol. The van der Waals surface area contributed by atoms with Gasteiger partial charge in [0.25, 0.3) is 0 Å².